The molecule has 1 N–H and O–H groups in total. The molecule has 0 unspecified atom stereocenters. The van der Waals surface area contributed by atoms with Crippen LogP contribution in [0.25, 0.3) is 0 Å². The van der Waals surface area contributed by atoms with Gasteiger partial charge in [0.1, 0.15) is 12.4 Å². The van der Waals surface area contributed by atoms with E-state index >= 15 is 0 Å². The lowest BCUT2D eigenvalue weighted by Gasteiger charge is -2.17. The fraction of sp³-hybridized carbons (Fsp3) is 0.385. The number of aliphatic carboxylic acids is 1. The number of rotatable bonds is 8. The minimum Gasteiger partial charge on any atom is -0.492 e. The summed E-state index contributed by atoms with van der Waals surface area (Å²) in [6.45, 7) is 0.857. The Balaban J connectivity index is 2.21. The molecule has 0 aromatic heterocycles. The van der Waals surface area contributed by atoms with E-state index in [0.29, 0.717) is 13.2 Å². The van der Waals surface area contributed by atoms with Gasteiger partial charge in [0.05, 0.1) is 18.1 Å². The number of carboxylic acid groups (broad SMARTS) is 1. The second kappa shape index (κ2) is 8.86. The second-order valence-electron chi connectivity index (χ2n) is 4.00. The lowest BCUT2D eigenvalue weighted by Crippen LogP contribution is -2.32. The van der Waals surface area contributed by atoms with Gasteiger partial charge in [-0.15, -0.1) is 11.8 Å². The molecule has 0 aliphatic rings. The fourth-order valence-electron chi connectivity index (χ4n) is 1.29. The van der Waals surface area contributed by atoms with Gasteiger partial charge in [-0.2, -0.15) is 0 Å². The monoisotopic (exact) mass is 361 g/mol. The highest BCUT2D eigenvalue weighted by Crippen LogP contribution is 2.15. The third kappa shape index (κ3) is 6.81. The number of hydrogen-bond donors (Lipinski definition) is 1. The molecule has 1 aromatic rings. The maximum atomic E-state index is 11.7. The first-order chi connectivity index (χ1) is 9.49. The number of benzene rings is 1. The van der Waals surface area contributed by atoms with Crippen LogP contribution < -0.4 is 4.74 Å². The normalized spacial score (nSPS) is 10.1. The first-order valence-electron chi connectivity index (χ1n) is 5.91. The first kappa shape index (κ1) is 16.8. The summed E-state index contributed by atoms with van der Waals surface area (Å²) in [5.41, 5.74) is 0. The van der Waals surface area contributed by atoms with Crippen molar-refractivity contribution in [3.8, 4) is 5.75 Å². The number of likely N-dealkylation sites (N-methyl/N-ethyl adjacent to an activating group) is 1. The molecule has 0 aliphatic heterocycles. The summed E-state index contributed by atoms with van der Waals surface area (Å²) in [7, 11) is 1.68. The number of carbonyl (C=O) groups excluding carboxylic acids is 1. The number of nitrogens with zero attached hydrogens (tertiary/aromatic N) is 1. The van der Waals surface area contributed by atoms with Gasteiger partial charge in [-0.05, 0) is 24.3 Å². The zero-order valence-electron chi connectivity index (χ0n) is 11.0. The third-order valence-corrected chi connectivity index (χ3v) is 3.82. The van der Waals surface area contributed by atoms with Crippen molar-refractivity contribution in [3.63, 3.8) is 0 Å². The number of thioether (sulfide) groups is 1. The van der Waals surface area contributed by atoms with Gasteiger partial charge in [0.15, 0.2) is 0 Å². The van der Waals surface area contributed by atoms with Crippen molar-refractivity contribution in [3.05, 3.63) is 28.7 Å². The molecule has 1 rings (SSSR count). The molecule has 7 heteroatoms. The summed E-state index contributed by atoms with van der Waals surface area (Å²) in [6, 6.07) is 7.45. The quantitative estimate of drug-likeness (QED) is 0.767. The molecule has 0 radical (unpaired) electrons. The predicted octanol–water partition coefficient (Wildman–Crippen LogP) is 2.10. The third-order valence-electron chi connectivity index (χ3n) is 2.39. The van der Waals surface area contributed by atoms with Crippen LogP contribution in [-0.2, 0) is 9.59 Å². The Bertz CT molecular complexity index is 452. The van der Waals surface area contributed by atoms with E-state index in [1.54, 1.807) is 7.05 Å². The van der Waals surface area contributed by atoms with E-state index in [9.17, 15) is 9.59 Å². The molecular weight excluding hydrogens is 346 g/mol. The molecule has 5 nitrogen and oxygen atoms in total. The van der Waals surface area contributed by atoms with E-state index in [1.165, 1.54) is 4.90 Å². The van der Waals surface area contributed by atoms with Crippen molar-refractivity contribution >= 4 is 39.6 Å². The van der Waals surface area contributed by atoms with Crippen LogP contribution in [0.1, 0.15) is 0 Å². The summed E-state index contributed by atoms with van der Waals surface area (Å²) in [6.07, 6.45) is 0. The summed E-state index contributed by atoms with van der Waals surface area (Å²) >= 11 is 4.43. The van der Waals surface area contributed by atoms with Crippen molar-refractivity contribution in [2.24, 2.45) is 0 Å². The molecule has 110 valence electrons. The van der Waals surface area contributed by atoms with Gasteiger partial charge >= 0.3 is 5.97 Å². The lowest BCUT2D eigenvalue weighted by molar-refractivity contribution is -0.133. The van der Waals surface area contributed by atoms with Crippen molar-refractivity contribution in [1.29, 1.82) is 0 Å². The Kier molecular flexibility index (Phi) is 7.46. The highest BCUT2D eigenvalue weighted by molar-refractivity contribution is 9.10. The molecule has 20 heavy (non-hydrogen) atoms. The summed E-state index contributed by atoms with van der Waals surface area (Å²) in [5, 5.41) is 8.48. The van der Waals surface area contributed by atoms with Gasteiger partial charge in [0.2, 0.25) is 5.91 Å². The van der Waals surface area contributed by atoms with Crippen LogP contribution in [0.3, 0.4) is 0 Å². The SMILES string of the molecule is CN(CCOc1ccc(Br)cc1)C(=O)CSCC(=O)O. The molecule has 0 saturated heterocycles. The van der Waals surface area contributed by atoms with Crippen LogP contribution in [0.5, 0.6) is 5.75 Å². The minimum absolute atomic E-state index is 0.0605. The number of ether oxygens (including phenoxy) is 1. The van der Waals surface area contributed by atoms with E-state index in [1.807, 2.05) is 24.3 Å². The maximum absolute atomic E-state index is 11.7. The fourth-order valence-corrected chi connectivity index (χ4v) is 2.23. The van der Waals surface area contributed by atoms with Gasteiger partial charge in [-0.1, -0.05) is 15.9 Å². The van der Waals surface area contributed by atoms with Crippen molar-refractivity contribution in [2.45, 2.75) is 0 Å². The minimum atomic E-state index is -0.913. The van der Waals surface area contributed by atoms with E-state index in [4.69, 9.17) is 9.84 Å². The zero-order chi connectivity index (χ0) is 15.0. The molecule has 0 aliphatic carbocycles. The largest absolute Gasteiger partial charge is 0.492 e. The number of carboxylic acids is 1. The predicted molar refractivity (Wildman–Crippen MR) is 82.2 cm³/mol. The number of amides is 1. The maximum Gasteiger partial charge on any atom is 0.313 e. The summed E-state index contributed by atoms with van der Waals surface area (Å²) in [5.74, 6) is -0.162. The van der Waals surface area contributed by atoms with E-state index in [0.717, 1.165) is 22.0 Å². The molecule has 0 saturated carbocycles. The van der Waals surface area contributed by atoms with Crippen LogP contribution >= 0.6 is 27.7 Å². The molecular formula is C13H16BrNO4S. The Morgan fingerprint density at radius 1 is 1.30 bits per heavy atom. The van der Waals surface area contributed by atoms with Crippen molar-refractivity contribution in [1.82, 2.24) is 4.90 Å². The highest BCUT2D eigenvalue weighted by Gasteiger charge is 2.09. The standard InChI is InChI=1S/C13H16BrNO4S/c1-15(12(16)8-20-9-13(17)18)6-7-19-11-4-2-10(14)3-5-11/h2-5H,6-9H2,1H3,(H,17,18). The smallest absolute Gasteiger partial charge is 0.313 e. The van der Waals surface area contributed by atoms with Crippen LogP contribution in [0.2, 0.25) is 0 Å². The zero-order valence-corrected chi connectivity index (χ0v) is 13.4. The van der Waals surface area contributed by atoms with E-state index in [2.05, 4.69) is 15.9 Å². The Morgan fingerprint density at radius 3 is 2.55 bits per heavy atom. The van der Waals surface area contributed by atoms with E-state index in [-0.39, 0.29) is 17.4 Å². The summed E-state index contributed by atoms with van der Waals surface area (Å²) in [4.78, 5) is 23.5. The number of halogens is 1. The average molecular weight is 362 g/mol. The molecule has 0 atom stereocenters. The average Bonchev–Trinajstić information content (AvgIpc) is 2.40. The highest BCUT2D eigenvalue weighted by atomic mass is 79.9. The lowest BCUT2D eigenvalue weighted by atomic mass is 10.3. The molecule has 0 bridgehead atoms. The van der Waals surface area contributed by atoms with E-state index < -0.39 is 5.97 Å². The molecule has 0 spiro atoms. The first-order valence-corrected chi connectivity index (χ1v) is 7.85. The van der Waals surface area contributed by atoms with Gasteiger partial charge < -0.3 is 14.7 Å². The number of carbonyl (C=O) groups is 2. The Labute approximate surface area is 130 Å². The molecule has 0 heterocycles. The summed E-state index contributed by atoms with van der Waals surface area (Å²) < 4.78 is 6.49. The van der Waals surface area contributed by atoms with Crippen LogP contribution in [0.15, 0.2) is 28.7 Å². The van der Waals surface area contributed by atoms with Crippen molar-refractivity contribution in [2.75, 3.05) is 31.7 Å². The van der Waals surface area contributed by atoms with Crippen molar-refractivity contribution < 1.29 is 19.4 Å². The second-order valence-corrected chi connectivity index (χ2v) is 5.91. The topological polar surface area (TPSA) is 66.8 Å². The van der Waals surface area contributed by atoms with Gasteiger partial charge in [0, 0.05) is 11.5 Å². The molecule has 0 fully saturated rings. The van der Waals surface area contributed by atoms with Gasteiger partial charge in [0.25, 0.3) is 0 Å². The van der Waals surface area contributed by atoms with Gasteiger partial charge in [-0.25, -0.2) is 0 Å². The number of hydrogen-bond acceptors (Lipinski definition) is 4. The molecule has 1 aromatic carbocycles. The Hall–Kier alpha value is -1.21. The molecule has 1 amide bonds. The van der Waals surface area contributed by atoms with Crippen LogP contribution in [-0.4, -0.2) is 53.6 Å². The Morgan fingerprint density at radius 2 is 1.95 bits per heavy atom. The van der Waals surface area contributed by atoms with Crippen LogP contribution in [0.4, 0.5) is 0 Å². The van der Waals surface area contributed by atoms with Gasteiger partial charge in [-0.3, -0.25) is 9.59 Å². The van der Waals surface area contributed by atoms with Crippen LogP contribution in [0, 0.1) is 0 Å².